The van der Waals surface area contributed by atoms with Crippen molar-refractivity contribution in [1.29, 1.82) is 0 Å². The summed E-state index contributed by atoms with van der Waals surface area (Å²) < 4.78 is 11.5. The van der Waals surface area contributed by atoms with Crippen LogP contribution in [0.5, 0.6) is 11.5 Å². The Morgan fingerprint density at radius 2 is 1.71 bits per heavy atom. The molecule has 1 unspecified atom stereocenters. The number of aromatic nitrogens is 1. The van der Waals surface area contributed by atoms with Gasteiger partial charge < -0.3 is 30.0 Å². The molecule has 0 saturated heterocycles. The van der Waals surface area contributed by atoms with Gasteiger partial charge in [0.1, 0.15) is 29.7 Å². The van der Waals surface area contributed by atoms with Gasteiger partial charge in [-0.05, 0) is 54.1 Å². The molecule has 0 radical (unpaired) electrons. The molecule has 5 aromatic rings. The summed E-state index contributed by atoms with van der Waals surface area (Å²) >= 11 is 0. The summed E-state index contributed by atoms with van der Waals surface area (Å²) in [5, 5.41) is 25.9. The number of carboxylic acids is 1. The summed E-state index contributed by atoms with van der Waals surface area (Å²) in [5.74, 6) is -0.107. The van der Waals surface area contributed by atoms with Gasteiger partial charge in [0, 0.05) is 29.8 Å². The monoisotopic (exact) mass is 551 g/mol. The molecule has 0 spiro atoms. The molecule has 4 aromatic carbocycles. The fourth-order valence-corrected chi connectivity index (χ4v) is 4.39. The number of phenols is 1. The number of aliphatic carboxylic acids is 1. The van der Waals surface area contributed by atoms with E-state index in [1.807, 2.05) is 36.4 Å². The second-order valence-electron chi connectivity index (χ2n) is 9.41. The lowest BCUT2D eigenvalue weighted by atomic mass is 10.00. The molecule has 4 N–H and O–H groups in total. The van der Waals surface area contributed by atoms with Gasteiger partial charge in [0.15, 0.2) is 11.4 Å². The van der Waals surface area contributed by atoms with Crippen molar-refractivity contribution >= 4 is 28.5 Å². The van der Waals surface area contributed by atoms with E-state index < -0.39 is 12.0 Å². The highest BCUT2D eigenvalue weighted by molar-refractivity contribution is 6.12. The van der Waals surface area contributed by atoms with Crippen LogP contribution in [-0.2, 0) is 17.8 Å². The number of aromatic hydroxyl groups is 1. The molecule has 0 aliphatic heterocycles. The van der Waals surface area contributed by atoms with Crippen LogP contribution in [0.15, 0.2) is 101 Å². The van der Waals surface area contributed by atoms with E-state index in [-0.39, 0.29) is 18.0 Å². The molecule has 5 rings (SSSR count). The lowest BCUT2D eigenvalue weighted by Crippen LogP contribution is -2.32. The lowest BCUT2D eigenvalue weighted by Gasteiger charge is -2.18. The van der Waals surface area contributed by atoms with E-state index in [0.29, 0.717) is 48.2 Å². The number of para-hydroxylation sites is 3. The number of fused-ring (bicyclic) bond motifs is 1. The Balaban J connectivity index is 1.14. The topological polar surface area (TPSA) is 134 Å². The predicted molar refractivity (Wildman–Crippen MR) is 154 cm³/mol. The Morgan fingerprint density at radius 3 is 2.49 bits per heavy atom. The largest absolute Gasteiger partial charge is 0.508 e. The minimum Gasteiger partial charge on any atom is -0.508 e. The average Bonchev–Trinajstić information content (AvgIpc) is 3.40. The van der Waals surface area contributed by atoms with Crippen molar-refractivity contribution in [3.05, 3.63) is 120 Å². The first-order chi connectivity index (χ1) is 20.0. The molecule has 0 fully saturated rings. The number of oxazole rings is 1. The van der Waals surface area contributed by atoms with E-state index in [0.717, 1.165) is 16.7 Å². The van der Waals surface area contributed by atoms with Crippen molar-refractivity contribution in [3.8, 4) is 11.5 Å². The highest BCUT2D eigenvalue weighted by Gasteiger charge is 2.21. The second kappa shape index (κ2) is 12.8. The molecule has 0 bridgehead atoms. The number of carbonyl (C=O) groups excluding carboxylic acids is 1. The number of hydrogen-bond acceptors (Lipinski definition) is 8. The van der Waals surface area contributed by atoms with E-state index in [2.05, 4.69) is 15.6 Å². The normalized spacial score (nSPS) is 11.7. The maximum Gasteiger partial charge on any atom is 0.326 e. The quantitative estimate of drug-likeness (QED) is 0.117. The number of nitrogens with one attached hydrogen (secondary N) is 2. The SMILES string of the molecule is O=C(c1cccc(O)c1)c1ccccc1NC(Cc1ccc(OCCNCc2nc3ccccc3o2)cc1)C(=O)O. The van der Waals surface area contributed by atoms with E-state index >= 15 is 0 Å². The molecule has 9 heteroatoms. The smallest absolute Gasteiger partial charge is 0.326 e. The number of benzene rings is 4. The minimum atomic E-state index is -1.05. The van der Waals surface area contributed by atoms with Gasteiger partial charge >= 0.3 is 5.97 Å². The van der Waals surface area contributed by atoms with Crippen molar-refractivity contribution in [2.75, 3.05) is 18.5 Å². The third-order valence-corrected chi connectivity index (χ3v) is 6.43. The van der Waals surface area contributed by atoms with Crippen LogP contribution >= 0.6 is 0 Å². The summed E-state index contributed by atoms with van der Waals surface area (Å²) in [4.78, 5) is 29.6. The number of carbonyl (C=O) groups is 2. The Hall–Kier alpha value is -5.15. The van der Waals surface area contributed by atoms with Gasteiger partial charge in [-0.25, -0.2) is 9.78 Å². The lowest BCUT2D eigenvalue weighted by molar-refractivity contribution is -0.137. The van der Waals surface area contributed by atoms with Gasteiger partial charge in [-0.2, -0.15) is 0 Å². The summed E-state index contributed by atoms with van der Waals surface area (Å²) in [5.41, 5.74) is 3.40. The number of hydrogen-bond donors (Lipinski definition) is 4. The number of carboxylic acid groups (broad SMARTS) is 1. The number of nitrogens with zero attached hydrogens (tertiary/aromatic N) is 1. The molecule has 1 heterocycles. The zero-order valence-electron chi connectivity index (χ0n) is 22.1. The summed E-state index contributed by atoms with van der Waals surface area (Å²) in [6.45, 7) is 1.51. The first-order valence-electron chi connectivity index (χ1n) is 13.2. The first kappa shape index (κ1) is 27.4. The van der Waals surface area contributed by atoms with E-state index in [9.17, 15) is 19.8 Å². The van der Waals surface area contributed by atoms with Crippen LogP contribution in [0, 0.1) is 0 Å². The Bertz CT molecular complexity index is 1610. The fraction of sp³-hybridized carbons (Fsp3) is 0.156. The van der Waals surface area contributed by atoms with Crippen molar-refractivity contribution in [1.82, 2.24) is 10.3 Å². The minimum absolute atomic E-state index is 0.0200. The number of anilines is 1. The number of rotatable bonds is 13. The third kappa shape index (κ3) is 7.09. The van der Waals surface area contributed by atoms with Crippen LogP contribution in [0.2, 0.25) is 0 Å². The average molecular weight is 552 g/mol. The molecule has 0 aliphatic carbocycles. The highest BCUT2D eigenvalue weighted by atomic mass is 16.5. The molecular weight excluding hydrogens is 522 g/mol. The van der Waals surface area contributed by atoms with Gasteiger partial charge in [-0.15, -0.1) is 0 Å². The number of phenolic OH excluding ortho intramolecular Hbond substituents is 1. The zero-order valence-corrected chi connectivity index (χ0v) is 22.1. The first-order valence-corrected chi connectivity index (χ1v) is 13.2. The van der Waals surface area contributed by atoms with Crippen LogP contribution in [0.1, 0.15) is 27.4 Å². The molecule has 0 aliphatic rings. The molecule has 41 heavy (non-hydrogen) atoms. The van der Waals surface area contributed by atoms with Crippen LogP contribution in [0.25, 0.3) is 11.1 Å². The standard InChI is InChI=1S/C32H29N3O6/c36-23-7-5-6-22(19-23)31(37)25-8-1-2-9-26(25)34-28(32(38)39)18-21-12-14-24(15-13-21)40-17-16-33-20-30-35-27-10-3-4-11-29(27)41-30/h1-15,19,28,33-34,36H,16-18,20H2,(H,38,39). The highest BCUT2D eigenvalue weighted by Crippen LogP contribution is 2.23. The van der Waals surface area contributed by atoms with Gasteiger partial charge in [-0.1, -0.05) is 48.5 Å². The van der Waals surface area contributed by atoms with Gasteiger partial charge in [-0.3, -0.25) is 4.79 Å². The summed E-state index contributed by atoms with van der Waals surface area (Å²) in [6.07, 6.45) is 0.191. The third-order valence-electron chi connectivity index (χ3n) is 6.43. The van der Waals surface area contributed by atoms with Gasteiger partial charge in [0.25, 0.3) is 0 Å². The van der Waals surface area contributed by atoms with Crippen LogP contribution in [-0.4, -0.2) is 46.1 Å². The van der Waals surface area contributed by atoms with E-state index in [4.69, 9.17) is 9.15 Å². The van der Waals surface area contributed by atoms with Gasteiger partial charge in [0.05, 0.1) is 6.54 Å². The van der Waals surface area contributed by atoms with Crippen molar-refractivity contribution < 1.29 is 29.0 Å². The number of ketones is 1. The Labute approximate surface area is 236 Å². The van der Waals surface area contributed by atoms with Crippen LogP contribution < -0.4 is 15.4 Å². The van der Waals surface area contributed by atoms with Crippen LogP contribution in [0.3, 0.4) is 0 Å². The van der Waals surface area contributed by atoms with Crippen molar-refractivity contribution in [2.24, 2.45) is 0 Å². The predicted octanol–water partition coefficient (Wildman–Crippen LogP) is 5.04. The van der Waals surface area contributed by atoms with Crippen LogP contribution in [0.4, 0.5) is 5.69 Å². The van der Waals surface area contributed by atoms with E-state index in [1.165, 1.54) is 12.1 Å². The maximum atomic E-state index is 13.1. The summed E-state index contributed by atoms with van der Waals surface area (Å²) in [7, 11) is 0. The van der Waals surface area contributed by atoms with Gasteiger partial charge in [0.2, 0.25) is 5.89 Å². The second-order valence-corrected chi connectivity index (χ2v) is 9.41. The van der Waals surface area contributed by atoms with E-state index in [1.54, 1.807) is 48.5 Å². The number of ether oxygens (including phenoxy) is 1. The molecule has 9 nitrogen and oxygen atoms in total. The fourth-order valence-electron chi connectivity index (χ4n) is 4.39. The molecule has 1 atom stereocenters. The molecule has 208 valence electrons. The summed E-state index contributed by atoms with van der Waals surface area (Å²) in [6, 6.07) is 26.7. The molecule has 0 amide bonds. The Kier molecular flexibility index (Phi) is 8.56. The molecule has 1 aromatic heterocycles. The molecular formula is C32H29N3O6. The Morgan fingerprint density at radius 1 is 0.927 bits per heavy atom. The maximum absolute atomic E-state index is 13.1. The molecule has 0 saturated carbocycles. The van der Waals surface area contributed by atoms with Crippen molar-refractivity contribution in [3.63, 3.8) is 0 Å². The van der Waals surface area contributed by atoms with Crippen molar-refractivity contribution in [2.45, 2.75) is 19.0 Å². The zero-order chi connectivity index (χ0) is 28.6.